The highest BCUT2D eigenvalue weighted by molar-refractivity contribution is 5.87. The molecule has 7 heteroatoms. The number of para-hydroxylation sites is 1. The molecule has 1 saturated heterocycles. The molecule has 0 bridgehead atoms. The molecule has 2 aromatic rings. The van der Waals surface area contributed by atoms with Crippen molar-refractivity contribution < 1.29 is 19.4 Å². The van der Waals surface area contributed by atoms with Crippen molar-refractivity contribution in [2.24, 2.45) is 5.92 Å². The van der Waals surface area contributed by atoms with E-state index in [0.717, 1.165) is 11.3 Å². The molecule has 1 aromatic heterocycles. The van der Waals surface area contributed by atoms with Gasteiger partial charge in [0.2, 0.25) is 5.91 Å². The Labute approximate surface area is 145 Å². The van der Waals surface area contributed by atoms with Crippen LogP contribution in [0.15, 0.2) is 42.7 Å². The lowest BCUT2D eigenvalue weighted by atomic mass is 9.96. The van der Waals surface area contributed by atoms with Crippen LogP contribution in [0.4, 0.5) is 0 Å². The average Bonchev–Trinajstić information content (AvgIpc) is 3.21. The van der Waals surface area contributed by atoms with Crippen LogP contribution in [0.5, 0.6) is 0 Å². The summed E-state index contributed by atoms with van der Waals surface area (Å²) in [6, 6.07) is 9.07. The second kappa shape index (κ2) is 7.48. The highest BCUT2D eigenvalue weighted by Crippen LogP contribution is 2.38. The molecule has 1 N–H and O–H groups in total. The van der Waals surface area contributed by atoms with Gasteiger partial charge in [-0.25, -0.2) is 4.68 Å². The van der Waals surface area contributed by atoms with E-state index in [0.29, 0.717) is 19.6 Å². The number of ether oxygens (including phenoxy) is 1. The highest BCUT2D eigenvalue weighted by Gasteiger charge is 2.44. The molecule has 2 atom stereocenters. The summed E-state index contributed by atoms with van der Waals surface area (Å²) in [7, 11) is 1.60. The molecule has 25 heavy (non-hydrogen) atoms. The van der Waals surface area contributed by atoms with Crippen LogP contribution in [0, 0.1) is 5.92 Å². The number of methoxy groups -OCH3 is 1. The third kappa shape index (κ3) is 3.56. The number of hydrogen-bond donors (Lipinski definition) is 1. The zero-order valence-corrected chi connectivity index (χ0v) is 14.0. The minimum atomic E-state index is -0.958. The molecule has 1 aromatic carbocycles. The van der Waals surface area contributed by atoms with Gasteiger partial charge in [-0.2, -0.15) is 5.10 Å². The number of hydrogen-bond acceptors (Lipinski definition) is 4. The fraction of sp³-hybridized carbons (Fsp3) is 0.389. The minimum absolute atomic E-state index is 0.0174. The first kappa shape index (κ1) is 17.2. The fourth-order valence-electron chi connectivity index (χ4n) is 3.28. The lowest BCUT2D eigenvalue weighted by Gasteiger charge is -2.26. The summed E-state index contributed by atoms with van der Waals surface area (Å²) in [6.45, 7) is 0.995. The van der Waals surface area contributed by atoms with Gasteiger partial charge in [-0.15, -0.1) is 0 Å². The minimum Gasteiger partial charge on any atom is -0.481 e. The van der Waals surface area contributed by atoms with Crippen LogP contribution in [0.25, 0.3) is 5.69 Å². The van der Waals surface area contributed by atoms with E-state index in [4.69, 9.17) is 4.74 Å². The van der Waals surface area contributed by atoms with Crippen LogP contribution in [0.2, 0.25) is 0 Å². The molecule has 132 valence electrons. The van der Waals surface area contributed by atoms with E-state index in [2.05, 4.69) is 5.10 Å². The lowest BCUT2D eigenvalue weighted by molar-refractivity contribution is -0.142. The summed E-state index contributed by atoms with van der Waals surface area (Å²) >= 11 is 0. The van der Waals surface area contributed by atoms with Gasteiger partial charge in [0.15, 0.2) is 0 Å². The quantitative estimate of drug-likeness (QED) is 0.776. The zero-order chi connectivity index (χ0) is 17.8. The smallest absolute Gasteiger partial charge is 0.309 e. The van der Waals surface area contributed by atoms with Gasteiger partial charge in [0, 0.05) is 38.4 Å². The first-order valence-corrected chi connectivity index (χ1v) is 8.23. The van der Waals surface area contributed by atoms with Crippen molar-refractivity contribution in [2.45, 2.75) is 18.9 Å². The van der Waals surface area contributed by atoms with Gasteiger partial charge in [-0.3, -0.25) is 9.59 Å². The Hall–Kier alpha value is -2.67. The van der Waals surface area contributed by atoms with Gasteiger partial charge >= 0.3 is 5.97 Å². The number of aromatic nitrogens is 2. The highest BCUT2D eigenvalue weighted by atomic mass is 16.5. The molecular weight excluding hydrogens is 322 g/mol. The number of likely N-dealkylation sites (tertiary alicyclic amines) is 1. The molecule has 0 radical (unpaired) electrons. The molecule has 0 saturated carbocycles. The first-order valence-electron chi connectivity index (χ1n) is 8.23. The number of carboxylic acid groups (broad SMARTS) is 1. The maximum atomic E-state index is 12.3. The third-order valence-corrected chi connectivity index (χ3v) is 4.46. The van der Waals surface area contributed by atoms with E-state index in [1.54, 1.807) is 29.1 Å². The second-order valence-electron chi connectivity index (χ2n) is 6.08. The number of rotatable bonds is 7. The zero-order valence-electron chi connectivity index (χ0n) is 14.0. The topological polar surface area (TPSA) is 84.7 Å². The third-order valence-electron chi connectivity index (χ3n) is 4.46. The van der Waals surface area contributed by atoms with Crippen LogP contribution in [-0.2, 0) is 14.3 Å². The van der Waals surface area contributed by atoms with E-state index in [9.17, 15) is 14.7 Å². The SMILES string of the molecule is COCCCN1C(=O)C[C@@H](C(=O)O)[C@H]1c1cnn(-c2ccccc2)c1. The number of benzene rings is 1. The van der Waals surface area contributed by atoms with Crippen LogP contribution in [0.3, 0.4) is 0 Å². The maximum absolute atomic E-state index is 12.3. The van der Waals surface area contributed by atoms with Crippen LogP contribution in [-0.4, -0.2) is 51.9 Å². The summed E-state index contributed by atoms with van der Waals surface area (Å²) < 4.78 is 6.74. The molecule has 1 aliphatic rings. The Bertz CT molecular complexity index is 744. The number of carbonyl (C=O) groups excluding carboxylic acids is 1. The van der Waals surface area contributed by atoms with Gasteiger partial charge in [-0.05, 0) is 18.6 Å². The van der Waals surface area contributed by atoms with Gasteiger partial charge in [0.25, 0.3) is 0 Å². The fourth-order valence-corrected chi connectivity index (χ4v) is 3.28. The largest absolute Gasteiger partial charge is 0.481 e. The van der Waals surface area contributed by atoms with Crippen molar-refractivity contribution in [2.75, 3.05) is 20.3 Å². The lowest BCUT2D eigenvalue weighted by Crippen LogP contribution is -2.31. The number of carboxylic acids is 1. The van der Waals surface area contributed by atoms with Crippen molar-refractivity contribution in [3.63, 3.8) is 0 Å². The van der Waals surface area contributed by atoms with Crippen LogP contribution < -0.4 is 0 Å². The van der Waals surface area contributed by atoms with E-state index in [-0.39, 0.29) is 12.3 Å². The van der Waals surface area contributed by atoms with Crippen LogP contribution in [0.1, 0.15) is 24.4 Å². The molecule has 0 unspecified atom stereocenters. The second-order valence-corrected chi connectivity index (χ2v) is 6.08. The number of aliphatic carboxylic acids is 1. The molecule has 1 fully saturated rings. The Morgan fingerprint density at radius 3 is 2.80 bits per heavy atom. The van der Waals surface area contributed by atoms with Gasteiger partial charge in [0.1, 0.15) is 0 Å². The van der Waals surface area contributed by atoms with E-state index in [1.807, 2.05) is 30.3 Å². The van der Waals surface area contributed by atoms with E-state index >= 15 is 0 Å². The molecule has 1 amide bonds. The Morgan fingerprint density at radius 2 is 2.12 bits per heavy atom. The molecule has 1 aliphatic heterocycles. The predicted molar refractivity (Wildman–Crippen MR) is 90.3 cm³/mol. The van der Waals surface area contributed by atoms with Crippen molar-refractivity contribution in [3.8, 4) is 5.69 Å². The van der Waals surface area contributed by atoms with E-state index in [1.165, 1.54) is 0 Å². The molecule has 3 rings (SSSR count). The molecule has 7 nitrogen and oxygen atoms in total. The average molecular weight is 343 g/mol. The molecule has 2 heterocycles. The van der Waals surface area contributed by atoms with Crippen molar-refractivity contribution >= 4 is 11.9 Å². The van der Waals surface area contributed by atoms with Crippen molar-refractivity contribution in [3.05, 3.63) is 48.3 Å². The number of carbonyl (C=O) groups is 2. The van der Waals surface area contributed by atoms with E-state index < -0.39 is 17.9 Å². The normalized spacial score (nSPS) is 20.2. The number of amides is 1. The monoisotopic (exact) mass is 343 g/mol. The Kier molecular flexibility index (Phi) is 5.14. The Balaban J connectivity index is 1.88. The summed E-state index contributed by atoms with van der Waals surface area (Å²) in [6.07, 6.45) is 4.13. The number of nitrogens with zero attached hydrogens (tertiary/aromatic N) is 3. The predicted octanol–water partition coefficient (Wildman–Crippen LogP) is 1.88. The standard InChI is InChI=1S/C18H21N3O4/c1-25-9-5-8-20-16(22)10-15(18(23)24)17(20)13-11-19-21(12-13)14-6-3-2-4-7-14/h2-4,6-7,11-12,15,17H,5,8-10H2,1H3,(H,23,24)/t15-,17-/m1/s1. The van der Waals surface area contributed by atoms with Gasteiger partial charge in [-0.1, -0.05) is 18.2 Å². The van der Waals surface area contributed by atoms with Crippen molar-refractivity contribution in [1.29, 1.82) is 0 Å². The van der Waals surface area contributed by atoms with Gasteiger partial charge in [0.05, 0.1) is 23.8 Å². The molecular formula is C18H21N3O4. The summed E-state index contributed by atoms with van der Waals surface area (Å²) in [5.41, 5.74) is 1.62. The summed E-state index contributed by atoms with van der Waals surface area (Å²) in [4.78, 5) is 25.6. The van der Waals surface area contributed by atoms with Crippen LogP contribution >= 0.6 is 0 Å². The Morgan fingerprint density at radius 1 is 1.36 bits per heavy atom. The van der Waals surface area contributed by atoms with Crippen molar-refractivity contribution in [1.82, 2.24) is 14.7 Å². The van der Waals surface area contributed by atoms with Gasteiger partial charge < -0.3 is 14.7 Å². The first-order chi connectivity index (χ1) is 12.1. The molecule has 0 aliphatic carbocycles. The summed E-state index contributed by atoms with van der Waals surface area (Å²) in [5, 5.41) is 13.9. The molecule has 0 spiro atoms. The maximum Gasteiger partial charge on any atom is 0.309 e. The summed E-state index contributed by atoms with van der Waals surface area (Å²) in [5.74, 6) is -1.86.